The lowest BCUT2D eigenvalue weighted by molar-refractivity contribution is -0.127. The number of hydrogen-bond donors (Lipinski definition) is 1. The fourth-order valence-corrected chi connectivity index (χ4v) is 2.94. The smallest absolute Gasteiger partial charge is 0.224 e. The number of nitrogens with one attached hydrogen (secondary N) is 1. The Morgan fingerprint density at radius 1 is 1.29 bits per heavy atom. The lowest BCUT2D eigenvalue weighted by Gasteiger charge is -2.18. The van der Waals surface area contributed by atoms with Gasteiger partial charge in [0.25, 0.3) is 0 Å². The molecular formula is C19H20N4O. The number of likely N-dealkylation sites (tertiary alicyclic amines) is 1. The van der Waals surface area contributed by atoms with Crippen LogP contribution in [0.3, 0.4) is 0 Å². The maximum Gasteiger partial charge on any atom is 0.224 e. The van der Waals surface area contributed by atoms with E-state index in [4.69, 9.17) is 0 Å². The molecular weight excluding hydrogens is 300 g/mol. The molecule has 1 amide bonds. The van der Waals surface area contributed by atoms with Gasteiger partial charge in [0.15, 0.2) is 0 Å². The van der Waals surface area contributed by atoms with E-state index in [2.05, 4.69) is 28.5 Å². The quantitative estimate of drug-likeness (QED) is 0.919. The van der Waals surface area contributed by atoms with Crippen molar-refractivity contribution in [1.82, 2.24) is 9.88 Å². The molecule has 1 atom stereocenters. The zero-order valence-electron chi connectivity index (χ0n) is 13.7. The summed E-state index contributed by atoms with van der Waals surface area (Å²) >= 11 is 0. The highest BCUT2D eigenvalue weighted by molar-refractivity contribution is 5.80. The van der Waals surface area contributed by atoms with E-state index in [0.717, 1.165) is 12.1 Å². The van der Waals surface area contributed by atoms with Gasteiger partial charge in [0.2, 0.25) is 5.91 Å². The molecule has 1 aromatic carbocycles. The number of benzene rings is 1. The highest BCUT2D eigenvalue weighted by Crippen LogP contribution is 2.19. The number of amides is 1. The van der Waals surface area contributed by atoms with Gasteiger partial charge in [-0.05, 0) is 31.0 Å². The number of nitriles is 1. The number of rotatable bonds is 5. The van der Waals surface area contributed by atoms with E-state index in [1.165, 1.54) is 5.56 Å². The van der Waals surface area contributed by atoms with Crippen molar-refractivity contribution in [3.63, 3.8) is 0 Å². The normalized spacial score (nSPS) is 16.9. The average molecular weight is 320 g/mol. The largest absolute Gasteiger partial charge is 0.364 e. The second kappa shape index (κ2) is 7.14. The van der Waals surface area contributed by atoms with Gasteiger partial charge in [-0.1, -0.05) is 30.3 Å². The first-order valence-corrected chi connectivity index (χ1v) is 8.11. The van der Waals surface area contributed by atoms with E-state index in [0.29, 0.717) is 30.9 Å². The second-order valence-electron chi connectivity index (χ2n) is 6.08. The molecule has 2 heterocycles. The fourth-order valence-electron chi connectivity index (χ4n) is 2.94. The molecule has 1 N–H and O–H groups in total. The summed E-state index contributed by atoms with van der Waals surface area (Å²) in [5.74, 6) is 0.717. The minimum Gasteiger partial charge on any atom is -0.364 e. The van der Waals surface area contributed by atoms with Crippen LogP contribution in [0, 0.1) is 18.3 Å². The summed E-state index contributed by atoms with van der Waals surface area (Å²) in [4.78, 5) is 18.5. The minimum absolute atomic E-state index is 0.00493. The number of aryl methyl sites for hydroxylation is 1. The third-order valence-electron chi connectivity index (χ3n) is 4.22. The number of aromatic nitrogens is 1. The van der Waals surface area contributed by atoms with E-state index < -0.39 is 0 Å². The van der Waals surface area contributed by atoms with Crippen LogP contribution in [0.4, 0.5) is 5.82 Å². The topological polar surface area (TPSA) is 69.0 Å². The molecule has 2 aromatic rings. The molecule has 3 rings (SSSR count). The molecule has 1 saturated heterocycles. The minimum atomic E-state index is -0.00493. The first-order chi connectivity index (χ1) is 11.7. The van der Waals surface area contributed by atoms with Crippen molar-refractivity contribution in [2.24, 2.45) is 0 Å². The molecule has 1 aliphatic heterocycles. The van der Waals surface area contributed by atoms with Crippen LogP contribution in [0.2, 0.25) is 0 Å². The molecule has 0 radical (unpaired) electrons. The number of anilines is 1. The van der Waals surface area contributed by atoms with Crippen LogP contribution in [0.1, 0.15) is 23.2 Å². The molecule has 122 valence electrons. The van der Waals surface area contributed by atoms with Crippen LogP contribution in [0.5, 0.6) is 0 Å². The number of hydrogen-bond acceptors (Lipinski definition) is 4. The molecule has 0 aliphatic carbocycles. The van der Waals surface area contributed by atoms with Crippen LogP contribution in [-0.2, 0) is 11.2 Å². The van der Waals surface area contributed by atoms with E-state index in [9.17, 15) is 10.1 Å². The van der Waals surface area contributed by atoms with Gasteiger partial charge < -0.3 is 10.2 Å². The maximum atomic E-state index is 12.2. The van der Waals surface area contributed by atoms with Gasteiger partial charge in [-0.3, -0.25) is 4.79 Å². The van der Waals surface area contributed by atoms with Crippen molar-refractivity contribution < 1.29 is 4.79 Å². The van der Waals surface area contributed by atoms with Gasteiger partial charge in [-0.25, -0.2) is 4.98 Å². The standard InChI is InChI=1S/C19H20N4O/c1-14-7-8-16(12-20)19(21-14)22-17-11-18(24)23(13-17)10-9-15-5-3-2-4-6-15/h2-8,17H,9-11,13H2,1H3,(H,21,22)/t17-/m1/s1. The molecule has 0 spiro atoms. The van der Waals surface area contributed by atoms with Gasteiger partial charge in [0.1, 0.15) is 11.9 Å². The third kappa shape index (κ3) is 3.72. The monoisotopic (exact) mass is 320 g/mol. The van der Waals surface area contributed by atoms with Gasteiger partial charge in [-0.2, -0.15) is 5.26 Å². The van der Waals surface area contributed by atoms with Crippen molar-refractivity contribution in [2.45, 2.75) is 25.8 Å². The predicted octanol–water partition coefficient (Wildman–Crippen LogP) is 2.52. The van der Waals surface area contributed by atoms with E-state index in [-0.39, 0.29) is 11.9 Å². The Balaban J connectivity index is 1.61. The van der Waals surface area contributed by atoms with Gasteiger partial charge in [0, 0.05) is 25.2 Å². The summed E-state index contributed by atoms with van der Waals surface area (Å²) in [6.45, 7) is 3.25. The molecule has 1 fully saturated rings. The van der Waals surface area contributed by atoms with Crippen molar-refractivity contribution in [1.29, 1.82) is 5.26 Å². The van der Waals surface area contributed by atoms with Gasteiger partial charge >= 0.3 is 0 Å². The number of carbonyl (C=O) groups excluding carboxylic acids is 1. The highest BCUT2D eigenvalue weighted by atomic mass is 16.2. The molecule has 1 aliphatic rings. The van der Waals surface area contributed by atoms with E-state index in [1.54, 1.807) is 6.07 Å². The lowest BCUT2D eigenvalue weighted by atomic mass is 10.1. The van der Waals surface area contributed by atoms with Crippen molar-refractivity contribution in [3.8, 4) is 6.07 Å². The van der Waals surface area contributed by atoms with Crippen LogP contribution in [-0.4, -0.2) is 34.9 Å². The Morgan fingerprint density at radius 2 is 2.08 bits per heavy atom. The summed E-state index contributed by atoms with van der Waals surface area (Å²) in [5, 5.41) is 12.5. The summed E-state index contributed by atoms with van der Waals surface area (Å²) in [6.07, 6.45) is 1.29. The van der Waals surface area contributed by atoms with Crippen LogP contribution in [0.25, 0.3) is 0 Å². The second-order valence-corrected chi connectivity index (χ2v) is 6.08. The maximum absolute atomic E-state index is 12.2. The predicted molar refractivity (Wildman–Crippen MR) is 92.4 cm³/mol. The fraction of sp³-hybridized carbons (Fsp3) is 0.316. The Bertz CT molecular complexity index is 767. The summed E-state index contributed by atoms with van der Waals surface area (Å²) in [6, 6.07) is 15.9. The lowest BCUT2D eigenvalue weighted by Crippen LogP contribution is -2.30. The molecule has 5 nitrogen and oxygen atoms in total. The van der Waals surface area contributed by atoms with Gasteiger partial charge in [-0.15, -0.1) is 0 Å². The first-order valence-electron chi connectivity index (χ1n) is 8.11. The Kier molecular flexibility index (Phi) is 4.76. The Hall–Kier alpha value is -2.87. The SMILES string of the molecule is Cc1ccc(C#N)c(N[C@@H]2CC(=O)N(CCc3ccccc3)C2)n1. The molecule has 0 bridgehead atoms. The Morgan fingerprint density at radius 3 is 2.83 bits per heavy atom. The highest BCUT2D eigenvalue weighted by Gasteiger charge is 2.29. The summed E-state index contributed by atoms with van der Waals surface area (Å²) in [7, 11) is 0. The first kappa shape index (κ1) is 16.0. The average Bonchev–Trinajstić information content (AvgIpc) is 2.93. The molecule has 1 aromatic heterocycles. The van der Waals surface area contributed by atoms with Gasteiger partial charge in [0.05, 0.1) is 11.6 Å². The number of carbonyl (C=O) groups is 1. The molecule has 5 heteroatoms. The van der Waals surface area contributed by atoms with Crippen LogP contribution >= 0.6 is 0 Å². The molecule has 0 unspecified atom stereocenters. The molecule has 24 heavy (non-hydrogen) atoms. The van der Waals surface area contributed by atoms with Crippen molar-refractivity contribution in [2.75, 3.05) is 18.4 Å². The number of pyridine rings is 1. The van der Waals surface area contributed by atoms with E-state index >= 15 is 0 Å². The van der Waals surface area contributed by atoms with Crippen LogP contribution < -0.4 is 5.32 Å². The van der Waals surface area contributed by atoms with E-state index in [1.807, 2.05) is 36.1 Å². The number of nitrogens with zero attached hydrogens (tertiary/aromatic N) is 3. The van der Waals surface area contributed by atoms with Crippen LogP contribution in [0.15, 0.2) is 42.5 Å². The van der Waals surface area contributed by atoms with Crippen molar-refractivity contribution in [3.05, 3.63) is 59.3 Å². The summed E-state index contributed by atoms with van der Waals surface area (Å²) in [5.41, 5.74) is 2.59. The third-order valence-corrected chi connectivity index (χ3v) is 4.22. The summed E-state index contributed by atoms with van der Waals surface area (Å²) < 4.78 is 0. The van der Waals surface area contributed by atoms with Crippen molar-refractivity contribution >= 4 is 11.7 Å². The zero-order chi connectivity index (χ0) is 16.9. The Labute approximate surface area is 141 Å². The zero-order valence-corrected chi connectivity index (χ0v) is 13.7. The molecule has 0 saturated carbocycles.